The van der Waals surface area contributed by atoms with Crippen LogP contribution in [0, 0.1) is 5.92 Å². The van der Waals surface area contributed by atoms with Gasteiger partial charge in [0.15, 0.2) is 11.6 Å². The van der Waals surface area contributed by atoms with Crippen LogP contribution in [0.3, 0.4) is 0 Å². The number of allylic oxidation sites excluding steroid dienone is 1. The van der Waals surface area contributed by atoms with Crippen LogP contribution in [0.15, 0.2) is 104 Å². The molecule has 128 valence electrons. The maximum absolute atomic E-state index is 13.3. The van der Waals surface area contributed by atoms with Gasteiger partial charge in [-0.25, -0.2) is 0 Å². The molecule has 0 unspecified atom stereocenters. The Labute approximate surface area is 153 Å². The average molecular weight is 340 g/mol. The standard InChI is InChI=1S/C24H20O2/c1-2-21(18-12-6-3-7-13-18)22(23(25)19-14-8-4-9-15-19)24(26)20-16-10-5-11-17-20/h2-17,21-22H,1H2/t21-/m1/s1. The number of carbonyl (C=O) groups excluding carboxylic acids is 2. The number of Topliss-reactive ketones (excluding diaryl/α,β-unsaturated/α-hetero) is 2. The Kier molecular flexibility index (Phi) is 5.55. The smallest absolute Gasteiger partial charge is 0.174 e. The third-order valence-corrected chi connectivity index (χ3v) is 4.48. The Hall–Kier alpha value is -3.26. The number of benzene rings is 3. The van der Waals surface area contributed by atoms with E-state index in [1.165, 1.54) is 0 Å². The molecule has 0 heterocycles. The van der Waals surface area contributed by atoms with Crippen molar-refractivity contribution in [3.63, 3.8) is 0 Å². The molecule has 0 fully saturated rings. The first-order chi connectivity index (χ1) is 12.7. The van der Waals surface area contributed by atoms with E-state index in [1.807, 2.05) is 66.7 Å². The molecule has 0 aromatic heterocycles. The van der Waals surface area contributed by atoms with Crippen molar-refractivity contribution in [2.75, 3.05) is 0 Å². The van der Waals surface area contributed by atoms with Crippen LogP contribution in [-0.2, 0) is 0 Å². The molecule has 3 aromatic carbocycles. The Morgan fingerprint density at radius 1 is 0.654 bits per heavy atom. The highest BCUT2D eigenvalue weighted by molar-refractivity contribution is 6.16. The van der Waals surface area contributed by atoms with E-state index in [9.17, 15) is 9.59 Å². The molecule has 1 atom stereocenters. The van der Waals surface area contributed by atoms with E-state index in [0.29, 0.717) is 11.1 Å². The topological polar surface area (TPSA) is 34.1 Å². The summed E-state index contributed by atoms with van der Waals surface area (Å²) in [6.07, 6.45) is 1.70. The summed E-state index contributed by atoms with van der Waals surface area (Å²) < 4.78 is 0. The molecule has 26 heavy (non-hydrogen) atoms. The number of carbonyl (C=O) groups is 2. The number of hydrogen-bond donors (Lipinski definition) is 0. The summed E-state index contributed by atoms with van der Waals surface area (Å²) in [6, 6.07) is 27.5. The minimum Gasteiger partial charge on any atom is -0.293 e. The van der Waals surface area contributed by atoms with Gasteiger partial charge in [0.2, 0.25) is 0 Å². The van der Waals surface area contributed by atoms with Gasteiger partial charge in [-0.15, -0.1) is 6.58 Å². The van der Waals surface area contributed by atoms with Gasteiger partial charge in [0.1, 0.15) is 0 Å². The molecule has 0 radical (unpaired) electrons. The van der Waals surface area contributed by atoms with Crippen LogP contribution in [-0.4, -0.2) is 11.6 Å². The molecule has 0 aliphatic rings. The van der Waals surface area contributed by atoms with Gasteiger partial charge in [-0.3, -0.25) is 9.59 Å². The fraction of sp³-hybridized carbons (Fsp3) is 0.0833. The molecule has 3 aromatic rings. The van der Waals surface area contributed by atoms with Crippen molar-refractivity contribution in [3.8, 4) is 0 Å². The number of hydrogen-bond acceptors (Lipinski definition) is 2. The monoisotopic (exact) mass is 340 g/mol. The zero-order valence-corrected chi connectivity index (χ0v) is 14.4. The molecule has 0 saturated heterocycles. The molecule has 2 nitrogen and oxygen atoms in total. The Morgan fingerprint density at radius 3 is 1.42 bits per heavy atom. The molecule has 0 aliphatic heterocycles. The fourth-order valence-electron chi connectivity index (χ4n) is 3.15. The van der Waals surface area contributed by atoms with E-state index in [4.69, 9.17) is 0 Å². The third kappa shape index (κ3) is 3.70. The van der Waals surface area contributed by atoms with E-state index < -0.39 is 11.8 Å². The first-order valence-corrected chi connectivity index (χ1v) is 8.58. The van der Waals surface area contributed by atoms with Crippen molar-refractivity contribution in [2.24, 2.45) is 5.92 Å². The van der Waals surface area contributed by atoms with Gasteiger partial charge in [0.25, 0.3) is 0 Å². The molecule has 0 bridgehead atoms. The second kappa shape index (κ2) is 8.21. The lowest BCUT2D eigenvalue weighted by molar-refractivity contribution is 0.0795. The highest BCUT2D eigenvalue weighted by atomic mass is 16.2. The van der Waals surface area contributed by atoms with Crippen molar-refractivity contribution in [3.05, 3.63) is 120 Å². The minimum absolute atomic E-state index is 0.187. The summed E-state index contributed by atoms with van der Waals surface area (Å²) in [5.74, 6) is -1.61. The van der Waals surface area contributed by atoms with E-state index in [1.54, 1.807) is 30.3 Å². The Balaban J connectivity index is 2.08. The van der Waals surface area contributed by atoms with Crippen LogP contribution in [0.25, 0.3) is 0 Å². The molecule has 0 spiro atoms. The molecule has 0 aliphatic carbocycles. The third-order valence-electron chi connectivity index (χ3n) is 4.48. The quantitative estimate of drug-likeness (QED) is 0.330. The molecular formula is C24H20O2. The molecule has 3 rings (SSSR count). The van der Waals surface area contributed by atoms with Crippen molar-refractivity contribution in [1.29, 1.82) is 0 Å². The van der Waals surface area contributed by atoms with Crippen LogP contribution in [0.2, 0.25) is 0 Å². The van der Waals surface area contributed by atoms with Crippen molar-refractivity contribution in [2.45, 2.75) is 5.92 Å². The summed E-state index contributed by atoms with van der Waals surface area (Å²) in [5, 5.41) is 0. The van der Waals surface area contributed by atoms with Gasteiger partial charge in [0, 0.05) is 17.0 Å². The molecule has 2 heteroatoms. The first-order valence-electron chi connectivity index (χ1n) is 8.58. The summed E-state index contributed by atoms with van der Waals surface area (Å²) in [5.41, 5.74) is 1.97. The van der Waals surface area contributed by atoms with Crippen LogP contribution in [0.1, 0.15) is 32.2 Å². The van der Waals surface area contributed by atoms with Gasteiger partial charge in [-0.05, 0) is 5.56 Å². The molecule has 0 saturated carbocycles. The minimum atomic E-state index is -0.848. The molecular weight excluding hydrogens is 320 g/mol. The van der Waals surface area contributed by atoms with E-state index in [-0.39, 0.29) is 11.6 Å². The van der Waals surface area contributed by atoms with E-state index in [0.717, 1.165) is 5.56 Å². The van der Waals surface area contributed by atoms with E-state index >= 15 is 0 Å². The van der Waals surface area contributed by atoms with Crippen LogP contribution < -0.4 is 0 Å². The summed E-state index contributed by atoms with van der Waals surface area (Å²) in [4.78, 5) is 26.5. The van der Waals surface area contributed by atoms with Gasteiger partial charge in [-0.1, -0.05) is 97.1 Å². The lowest BCUT2D eigenvalue weighted by Crippen LogP contribution is -2.30. The second-order valence-corrected chi connectivity index (χ2v) is 6.11. The highest BCUT2D eigenvalue weighted by Crippen LogP contribution is 2.31. The van der Waals surface area contributed by atoms with Crippen molar-refractivity contribution < 1.29 is 9.59 Å². The normalized spacial score (nSPS) is 11.7. The maximum Gasteiger partial charge on any atom is 0.174 e. The lowest BCUT2D eigenvalue weighted by atomic mass is 9.77. The zero-order valence-electron chi connectivity index (χ0n) is 14.4. The second-order valence-electron chi connectivity index (χ2n) is 6.11. The van der Waals surface area contributed by atoms with Crippen LogP contribution in [0.4, 0.5) is 0 Å². The lowest BCUT2D eigenvalue weighted by Gasteiger charge is -2.23. The van der Waals surface area contributed by atoms with Gasteiger partial charge in [-0.2, -0.15) is 0 Å². The maximum atomic E-state index is 13.3. The van der Waals surface area contributed by atoms with Gasteiger partial charge < -0.3 is 0 Å². The van der Waals surface area contributed by atoms with Gasteiger partial charge in [0.05, 0.1) is 5.92 Å². The van der Waals surface area contributed by atoms with Gasteiger partial charge >= 0.3 is 0 Å². The largest absolute Gasteiger partial charge is 0.293 e. The Morgan fingerprint density at radius 2 is 1.04 bits per heavy atom. The summed E-state index contributed by atoms with van der Waals surface area (Å²) in [7, 11) is 0. The summed E-state index contributed by atoms with van der Waals surface area (Å²) in [6.45, 7) is 3.91. The van der Waals surface area contributed by atoms with Crippen LogP contribution in [0.5, 0.6) is 0 Å². The van der Waals surface area contributed by atoms with Crippen molar-refractivity contribution >= 4 is 11.6 Å². The molecule has 0 amide bonds. The predicted molar refractivity (Wildman–Crippen MR) is 104 cm³/mol. The average Bonchev–Trinajstić information content (AvgIpc) is 2.73. The SMILES string of the molecule is C=C[C@H](c1ccccc1)C(C(=O)c1ccccc1)C(=O)c1ccccc1. The highest BCUT2D eigenvalue weighted by Gasteiger charge is 2.35. The number of ketones is 2. The number of rotatable bonds is 7. The zero-order chi connectivity index (χ0) is 18.4. The fourth-order valence-corrected chi connectivity index (χ4v) is 3.15. The first kappa shape index (κ1) is 17.6. The van der Waals surface area contributed by atoms with E-state index in [2.05, 4.69) is 6.58 Å². The predicted octanol–water partition coefficient (Wildman–Crippen LogP) is 5.34. The molecule has 0 N–H and O–H groups in total. The Bertz CT molecular complexity index is 832. The van der Waals surface area contributed by atoms with Crippen molar-refractivity contribution in [1.82, 2.24) is 0 Å². The van der Waals surface area contributed by atoms with Crippen LogP contribution >= 0.6 is 0 Å². The summed E-state index contributed by atoms with van der Waals surface area (Å²) >= 11 is 0.